The van der Waals surface area contributed by atoms with Crippen molar-refractivity contribution in [2.45, 2.75) is 0 Å². The summed E-state index contributed by atoms with van der Waals surface area (Å²) in [5.74, 6) is 0.693. The van der Waals surface area contributed by atoms with E-state index in [-0.39, 0.29) is 0 Å². The lowest BCUT2D eigenvalue weighted by Crippen LogP contribution is -2.03. The van der Waals surface area contributed by atoms with Crippen molar-refractivity contribution in [1.82, 2.24) is 4.98 Å². The maximum atomic E-state index is 12.3. The molecule has 2 aromatic carbocycles. The summed E-state index contributed by atoms with van der Waals surface area (Å²) < 4.78 is 10.6. The van der Waals surface area contributed by atoms with Crippen LogP contribution in [0.5, 0.6) is 5.75 Å². The number of hydrazone groups is 1. The van der Waals surface area contributed by atoms with Gasteiger partial charge in [-0.2, -0.15) is 5.10 Å². The molecule has 0 aliphatic heterocycles. The maximum Gasteiger partial charge on any atom is 0.345 e. The number of thiazole rings is 1. The molecule has 1 N–H and O–H groups in total. The summed E-state index contributed by atoms with van der Waals surface area (Å²) in [6, 6.07) is 16.8. The van der Waals surface area contributed by atoms with Crippen LogP contribution in [0, 0.1) is 0 Å². The van der Waals surface area contributed by atoms with Gasteiger partial charge in [0.25, 0.3) is 0 Å². The van der Waals surface area contributed by atoms with Gasteiger partial charge in [-0.1, -0.05) is 30.3 Å². The second-order valence-electron chi connectivity index (χ2n) is 5.67. The first-order valence-corrected chi connectivity index (χ1v) is 9.03. The predicted octanol–water partition coefficient (Wildman–Crippen LogP) is 4.37. The van der Waals surface area contributed by atoms with Crippen molar-refractivity contribution in [3.05, 3.63) is 76.0 Å². The Labute approximate surface area is 158 Å². The van der Waals surface area contributed by atoms with Gasteiger partial charge in [-0.15, -0.1) is 11.3 Å². The quantitative estimate of drug-likeness (QED) is 0.317. The first-order valence-electron chi connectivity index (χ1n) is 8.15. The van der Waals surface area contributed by atoms with Gasteiger partial charge in [0.15, 0.2) is 0 Å². The highest BCUT2D eigenvalue weighted by Gasteiger charge is 2.12. The van der Waals surface area contributed by atoms with Gasteiger partial charge in [-0.3, -0.25) is 5.43 Å². The SMILES string of the molecule is COc1ccc2oc(=O)c(-c3csc(N/N=C\c4ccccc4)n3)cc2c1. The third kappa shape index (κ3) is 3.73. The van der Waals surface area contributed by atoms with Crippen LogP contribution >= 0.6 is 11.3 Å². The van der Waals surface area contributed by atoms with E-state index in [0.29, 0.717) is 27.7 Å². The minimum atomic E-state index is -0.433. The summed E-state index contributed by atoms with van der Waals surface area (Å²) in [7, 11) is 1.59. The molecule has 0 atom stereocenters. The zero-order valence-electron chi connectivity index (χ0n) is 14.4. The minimum absolute atomic E-state index is 0.395. The second-order valence-corrected chi connectivity index (χ2v) is 6.53. The highest BCUT2D eigenvalue weighted by atomic mass is 32.1. The largest absolute Gasteiger partial charge is 0.497 e. The molecule has 0 unspecified atom stereocenters. The van der Waals surface area contributed by atoms with E-state index in [1.54, 1.807) is 36.9 Å². The number of benzene rings is 2. The van der Waals surface area contributed by atoms with Crippen molar-refractivity contribution in [3.63, 3.8) is 0 Å². The van der Waals surface area contributed by atoms with Gasteiger partial charge in [-0.05, 0) is 29.8 Å². The minimum Gasteiger partial charge on any atom is -0.497 e. The molecule has 0 saturated carbocycles. The second kappa shape index (κ2) is 7.43. The number of ether oxygens (including phenoxy) is 1. The topological polar surface area (TPSA) is 76.7 Å². The molecule has 6 nitrogen and oxygen atoms in total. The summed E-state index contributed by atoms with van der Waals surface area (Å²) in [6.45, 7) is 0. The van der Waals surface area contributed by atoms with E-state index < -0.39 is 5.63 Å². The highest BCUT2D eigenvalue weighted by Crippen LogP contribution is 2.27. The Bertz CT molecular complexity index is 1170. The molecule has 0 aliphatic rings. The van der Waals surface area contributed by atoms with E-state index in [1.807, 2.05) is 36.4 Å². The number of hydrogen-bond acceptors (Lipinski definition) is 7. The van der Waals surface area contributed by atoms with Gasteiger partial charge in [-0.25, -0.2) is 9.78 Å². The lowest BCUT2D eigenvalue weighted by Gasteiger charge is -2.03. The third-order valence-electron chi connectivity index (χ3n) is 3.89. The number of aromatic nitrogens is 1. The van der Waals surface area contributed by atoms with Crippen molar-refractivity contribution in [1.29, 1.82) is 0 Å². The van der Waals surface area contributed by atoms with Crippen molar-refractivity contribution >= 4 is 33.7 Å². The van der Waals surface area contributed by atoms with Crippen LogP contribution in [0.3, 0.4) is 0 Å². The molecule has 0 radical (unpaired) electrons. The van der Waals surface area contributed by atoms with Crippen LogP contribution in [0.25, 0.3) is 22.2 Å². The molecular formula is C20H15N3O3S. The van der Waals surface area contributed by atoms with Gasteiger partial charge in [0.2, 0.25) is 5.13 Å². The van der Waals surface area contributed by atoms with Gasteiger partial charge in [0.05, 0.1) is 24.6 Å². The molecule has 0 amide bonds. The summed E-state index contributed by atoms with van der Waals surface area (Å²) in [6.07, 6.45) is 1.71. The number of nitrogens with one attached hydrogen (secondary N) is 1. The normalized spacial score (nSPS) is 11.1. The molecule has 0 aliphatic carbocycles. The van der Waals surface area contributed by atoms with Crippen LogP contribution < -0.4 is 15.8 Å². The summed E-state index contributed by atoms with van der Waals surface area (Å²) in [4.78, 5) is 16.7. The van der Waals surface area contributed by atoms with Crippen LogP contribution in [-0.2, 0) is 0 Å². The molecule has 7 heteroatoms. The molecule has 0 fully saturated rings. The smallest absolute Gasteiger partial charge is 0.345 e. The van der Waals surface area contributed by atoms with Gasteiger partial charge >= 0.3 is 5.63 Å². The maximum absolute atomic E-state index is 12.3. The lowest BCUT2D eigenvalue weighted by atomic mass is 10.1. The fourth-order valence-corrected chi connectivity index (χ4v) is 3.22. The molecule has 0 spiro atoms. The molecule has 2 heterocycles. The molecule has 2 aromatic heterocycles. The monoisotopic (exact) mass is 377 g/mol. The Kier molecular flexibility index (Phi) is 4.67. The number of methoxy groups -OCH3 is 1. The molecule has 134 valence electrons. The number of rotatable bonds is 5. The van der Waals surface area contributed by atoms with Crippen LogP contribution in [0.2, 0.25) is 0 Å². The average molecular weight is 377 g/mol. The van der Waals surface area contributed by atoms with Gasteiger partial charge < -0.3 is 9.15 Å². The fourth-order valence-electron chi connectivity index (χ4n) is 2.56. The van der Waals surface area contributed by atoms with Crippen LogP contribution in [-0.4, -0.2) is 18.3 Å². The number of hydrogen-bond donors (Lipinski definition) is 1. The first-order chi connectivity index (χ1) is 13.2. The van der Waals surface area contributed by atoms with Crippen molar-refractivity contribution in [2.24, 2.45) is 5.10 Å². The summed E-state index contributed by atoms with van der Waals surface area (Å²) in [5.41, 5.74) is 4.87. The van der Waals surface area contributed by atoms with E-state index in [2.05, 4.69) is 15.5 Å². The zero-order valence-corrected chi connectivity index (χ0v) is 15.2. The van der Waals surface area contributed by atoms with Crippen LogP contribution in [0.4, 0.5) is 5.13 Å². The first kappa shape index (κ1) is 17.0. The molecule has 4 aromatic rings. The van der Waals surface area contributed by atoms with E-state index >= 15 is 0 Å². The van der Waals surface area contributed by atoms with E-state index in [1.165, 1.54) is 11.3 Å². The number of anilines is 1. The van der Waals surface area contributed by atoms with Crippen LogP contribution in [0.15, 0.2) is 74.3 Å². The van der Waals surface area contributed by atoms with E-state index in [9.17, 15) is 4.79 Å². The van der Waals surface area contributed by atoms with Crippen LogP contribution in [0.1, 0.15) is 5.56 Å². The van der Waals surface area contributed by atoms with Gasteiger partial charge in [0, 0.05) is 10.8 Å². The van der Waals surface area contributed by atoms with E-state index in [0.717, 1.165) is 10.9 Å². The Morgan fingerprint density at radius 1 is 1.19 bits per heavy atom. The van der Waals surface area contributed by atoms with E-state index in [4.69, 9.17) is 9.15 Å². The van der Waals surface area contributed by atoms with Crippen molar-refractivity contribution < 1.29 is 9.15 Å². The Morgan fingerprint density at radius 3 is 2.85 bits per heavy atom. The molecule has 0 saturated heterocycles. The number of fused-ring (bicyclic) bond motifs is 1. The Balaban J connectivity index is 1.60. The van der Waals surface area contributed by atoms with Crippen molar-refractivity contribution in [2.75, 3.05) is 12.5 Å². The van der Waals surface area contributed by atoms with Gasteiger partial charge in [0.1, 0.15) is 11.3 Å². The highest BCUT2D eigenvalue weighted by molar-refractivity contribution is 7.14. The average Bonchev–Trinajstić information content (AvgIpc) is 3.16. The van der Waals surface area contributed by atoms with Crippen molar-refractivity contribution in [3.8, 4) is 17.0 Å². The summed E-state index contributed by atoms with van der Waals surface area (Å²) >= 11 is 1.36. The Morgan fingerprint density at radius 2 is 2.04 bits per heavy atom. The molecule has 0 bridgehead atoms. The fraction of sp³-hybridized carbons (Fsp3) is 0.0500. The predicted molar refractivity (Wildman–Crippen MR) is 108 cm³/mol. The summed E-state index contributed by atoms with van der Waals surface area (Å²) in [5, 5.41) is 7.32. The molecular weight excluding hydrogens is 362 g/mol. The number of nitrogens with zero attached hydrogens (tertiary/aromatic N) is 2. The Hall–Kier alpha value is -3.45. The zero-order chi connectivity index (χ0) is 18.6. The third-order valence-corrected chi connectivity index (χ3v) is 4.64. The molecule has 4 rings (SSSR count). The standard InChI is InChI=1S/C20H15N3O3S/c1-25-15-7-8-18-14(9-15)10-16(19(24)26-18)17-12-27-20(22-17)23-21-11-13-5-3-2-4-6-13/h2-12H,1H3,(H,22,23)/b21-11-. The molecule has 27 heavy (non-hydrogen) atoms. The lowest BCUT2D eigenvalue weighted by molar-refractivity contribution is 0.415.